The van der Waals surface area contributed by atoms with Crippen LogP contribution in [0.1, 0.15) is 102 Å². The van der Waals surface area contributed by atoms with Gasteiger partial charge in [-0.05, 0) is 95.6 Å². The molecule has 0 N–H and O–H groups in total. The number of hydrogen-bond acceptors (Lipinski definition) is 6. The molecule has 0 aliphatic rings. The molecular formula is C37H58BrFN4O5Si. The van der Waals surface area contributed by atoms with Crippen molar-refractivity contribution >= 4 is 47.2 Å². The minimum Gasteiger partial charge on any atom is -0.461 e. The Labute approximate surface area is 302 Å². The Morgan fingerprint density at radius 2 is 1.71 bits per heavy atom. The molecule has 9 nitrogen and oxygen atoms in total. The van der Waals surface area contributed by atoms with E-state index in [9.17, 15) is 9.59 Å². The van der Waals surface area contributed by atoms with Crippen molar-refractivity contribution in [2.45, 2.75) is 123 Å². The molecule has 0 radical (unpaired) electrons. The summed E-state index contributed by atoms with van der Waals surface area (Å²) in [6.45, 7) is 22.2. The van der Waals surface area contributed by atoms with Crippen molar-refractivity contribution < 1.29 is 27.9 Å². The van der Waals surface area contributed by atoms with E-state index < -0.39 is 19.9 Å². The monoisotopic (exact) mass is 764 g/mol. The number of nitrogens with zero attached hydrogens (tertiary/aromatic N) is 4. The van der Waals surface area contributed by atoms with E-state index in [0.29, 0.717) is 73.9 Å². The molecule has 1 amide bonds. The topological polar surface area (TPSA) is 87.8 Å². The average Bonchev–Trinajstić information content (AvgIpc) is 3.49. The molecule has 3 rings (SSSR count). The summed E-state index contributed by atoms with van der Waals surface area (Å²) < 4.78 is 37.8. The van der Waals surface area contributed by atoms with Crippen LogP contribution in [-0.4, -0.2) is 72.0 Å². The number of ether oxygens (including phenoxy) is 2. The van der Waals surface area contributed by atoms with Crippen LogP contribution in [0.3, 0.4) is 0 Å². The van der Waals surface area contributed by atoms with Gasteiger partial charge < -0.3 is 23.4 Å². The third-order valence-electron chi connectivity index (χ3n) is 9.37. The molecule has 0 aliphatic heterocycles. The van der Waals surface area contributed by atoms with Gasteiger partial charge in [-0.3, -0.25) is 4.68 Å². The normalized spacial score (nSPS) is 12.5. The smallest absolute Gasteiger partial charge is 0.410 e. The molecule has 2 aromatic heterocycles. The molecule has 0 atom stereocenters. The molecule has 274 valence electrons. The Morgan fingerprint density at radius 3 is 2.29 bits per heavy atom. The van der Waals surface area contributed by atoms with E-state index in [1.807, 2.05) is 44.0 Å². The number of amides is 1. The number of esters is 1. The fourth-order valence-electron chi connectivity index (χ4n) is 5.89. The number of aryl methyl sites for hydroxylation is 3. The number of unbranched alkanes of at least 4 members (excludes halogenated alkanes) is 1. The molecule has 3 aromatic rings. The van der Waals surface area contributed by atoms with Gasteiger partial charge >= 0.3 is 12.1 Å². The van der Waals surface area contributed by atoms with E-state index in [1.54, 1.807) is 24.9 Å². The summed E-state index contributed by atoms with van der Waals surface area (Å²) in [7, 11) is 1.63. The van der Waals surface area contributed by atoms with Gasteiger partial charge in [0.05, 0.1) is 17.8 Å². The molecule has 0 saturated carbocycles. The number of fused-ring (bicyclic) bond motifs is 1. The number of rotatable bonds is 15. The number of carbonyl (C=O) groups excluding carboxylic acids is 2. The highest BCUT2D eigenvalue weighted by molar-refractivity contribution is 9.08. The van der Waals surface area contributed by atoms with Gasteiger partial charge in [0.15, 0.2) is 8.32 Å². The molecule has 0 fully saturated rings. The van der Waals surface area contributed by atoms with Gasteiger partial charge in [0.2, 0.25) is 0 Å². The van der Waals surface area contributed by atoms with Gasteiger partial charge in [-0.25, -0.2) is 14.0 Å². The van der Waals surface area contributed by atoms with Crippen molar-refractivity contribution in [2.75, 3.05) is 26.8 Å². The van der Waals surface area contributed by atoms with Crippen molar-refractivity contribution in [3.63, 3.8) is 0 Å². The Hall–Kier alpha value is -2.70. The van der Waals surface area contributed by atoms with Crippen LogP contribution in [0.5, 0.6) is 0 Å². The minimum atomic E-state index is -1.97. The van der Waals surface area contributed by atoms with E-state index in [1.165, 1.54) is 6.07 Å². The fourth-order valence-corrected chi connectivity index (χ4v) is 7.37. The largest absolute Gasteiger partial charge is 0.461 e. The molecule has 12 heteroatoms. The first-order valence-corrected chi connectivity index (χ1v) is 21.5. The zero-order valence-electron chi connectivity index (χ0n) is 31.8. The lowest BCUT2D eigenvalue weighted by atomic mass is 9.97. The van der Waals surface area contributed by atoms with Gasteiger partial charge in [0.1, 0.15) is 17.1 Å². The second-order valence-corrected chi connectivity index (χ2v) is 20.6. The SMILES string of the molecule is CCOC(=O)c1c(CCCO[Si](C)(C)C(C)(C)C)c2ccc(F)c(-c3c(CBr)nn(C)c3CC)c2n1CCCCN(C)C(=O)OC(C)(C)C. The second-order valence-electron chi connectivity index (χ2n) is 15.2. The molecule has 0 spiro atoms. The lowest BCUT2D eigenvalue weighted by Gasteiger charge is -2.36. The standard InChI is InChI=1S/C37H58BrFN4O5Si/c1-13-29-31(28(24-38)40-42(29)10)30-27(39)20-19-26-25(18-17-23-47-49(11,12)37(6,7)8)33(34(44)46-14-2)43(32(26)30)22-16-15-21-41(9)35(45)48-36(3,4)5/h19-20H,13-18,21-24H2,1-12H3. The summed E-state index contributed by atoms with van der Waals surface area (Å²) in [6, 6.07) is 3.30. The Balaban J connectivity index is 2.17. The van der Waals surface area contributed by atoms with Gasteiger partial charge in [0.25, 0.3) is 0 Å². The van der Waals surface area contributed by atoms with Crippen LogP contribution in [0.25, 0.3) is 22.0 Å². The van der Waals surface area contributed by atoms with Crippen LogP contribution in [0.15, 0.2) is 12.1 Å². The third kappa shape index (κ3) is 9.55. The zero-order chi connectivity index (χ0) is 36.9. The first kappa shape index (κ1) is 40.7. The van der Waals surface area contributed by atoms with E-state index in [-0.39, 0.29) is 23.6 Å². The maximum atomic E-state index is 16.3. The number of alkyl halides is 1. The molecule has 1 aromatic carbocycles. The lowest BCUT2D eigenvalue weighted by Crippen LogP contribution is -2.41. The second kappa shape index (κ2) is 16.5. The minimum absolute atomic E-state index is 0.0803. The molecule has 0 aliphatic carbocycles. The average molecular weight is 766 g/mol. The van der Waals surface area contributed by atoms with Crippen molar-refractivity contribution in [1.29, 1.82) is 0 Å². The van der Waals surface area contributed by atoms with E-state index in [0.717, 1.165) is 27.9 Å². The van der Waals surface area contributed by atoms with Crippen molar-refractivity contribution in [1.82, 2.24) is 19.2 Å². The number of benzene rings is 1. The highest BCUT2D eigenvalue weighted by Crippen LogP contribution is 2.41. The lowest BCUT2D eigenvalue weighted by molar-refractivity contribution is 0.0295. The number of aromatic nitrogens is 3. The Bertz CT molecular complexity index is 1620. The van der Waals surface area contributed by atoms with Crippen LogP contribution in [0.4, 0.5) is 9.18 Å². The van der Waals surface area contributed by atoms with Crippen LogP contribution < -0.4 is 0 Å². The summed E-state index contributed by atoms with van der Waals surface area (Å²) in [6.07, 6.45) is 2.82. The molecule has 49 heavy (non-hydrogen) atoms. The highest BCUT2D eigenvalue weighted by Gasteiger charge is 2.37. The summed E-state index contributed by atoms with van der Waals surface area (Å²) in [5.41, 5.74) is 4.19. The first-order chi connectivity index (χ1) is 22.8. The highest BCUT2D eigenvalue weighted by atomic mass is 79.9. The maximum absolute atomic E-state index is 16.3. The first-order valence-electron chi connectivity index (χ1n) is 17.5. The summed E-state index contributed by atoms with van der Waals surface area (Å²) in [5.74, 6) is -0.803. The number of hydrogen-bond donors (Lipinski definition) is 0. The van der Waals surface area contributed by atoms with Crippen LogP contribution in [0.2, 0.25) is 18.1 Å². The van der Waals surface area contributed by atoms with Crippen molar-refractivity contribution in [3.05, 3.63) is 40.6 Å². The maximum Gasteiger partial charge on any atom is 0.410 e. The van der Waals surface area contributed by atoms with E-state index in [2.05, 4.69) is 49.8 Å². The summed E-state index contributed by atoms with van der Waals surface area (Å²) in [4.78, 5) is 28.0. The molecule has 2 heterocycles. The summed E-state index contributed by atoms with van der Waals surface area (Å²) in [5, 5.41) is 6.08. The Morgan fingerprint density at radius 1 is 1.04 bits per heavy atom. The third-order valence-corrected chi connectivity index (χ3v) is 14.4. The van der Waals surface area contributed by atoms with Crippen molar-refractivity contribution in [3.8, 4) is 11.1 Å². The van der Waals surface area contributed by atoms with Gasteiger partial charge in [-0.1, -0.05) is 43.6 Å². The number of halogens is 2. The predicted octanol–water partition coefficient (Wildman–Crippen LogP) is 9.42. The quantitative estimate of drug-likeness (QED) is 0.0664. The molecule has 0 unspecified atom stereocenters. The van der Waals surface area contributed by atoms with E-state index >= 15 is 4.39 Å². The van der Waals surface area contributed by atoms with Crippen LogP contribution >= 0.6 is 15.9 Å². The van der Waals surface area contributed by atoms with Crippen LogP contribution in [0, 0.1) is 5.82 Å². The van der Waals surface area contributed by atoms with Crippen molar-refractivity contribution in [2.24, 2.45) is 7.05 Å². The number of carbonyl (C=O) groups is 2. The predicted molar refractivity (Wildman–Crippen MR) is 202 cm³/mol. The van der Waals surface area contributed by atoms with E-state index in [4.69, 9.17) is 19.0 Å². The zero-order valence-corrected chi connectivity index (χ0v) is 34.4. The molecule has 0 bridgehead atoms. The molecular weight excluding hydrogens is 707 g/mol. The van der Waals surface area contributed by atoms with Gasteiger partial charge in [-0.2, -0.15) is 5.10 Å². The Kier molecular flexibility index (Phi) is 13.7. The van der Waals surface area contributed by atoms with Gasteiger partial charge in [0, 0.05) is 61.3 Å². The van der Waals surface area contributed by atoms with Crippen LogP contribution in [-0.2, 0) is 45.7 Å². The molecule has 0 saturated heterocycles. The fraction of sp³-hybridized carbons (Fsp3) is 0.649. The summed E-state index contributed by atoms with van der Waals surface area (Å²) >= 11 is 3.59. The van der Waals surface area contributed by atoms with Gasteiger partial charge in [-0.15, -0.1) is 0 Å².